The van der Waals surface area contributed by atoms with E-state index in [2.05, 4.69) is 22.4 Å². The Balaban J connectivity index is 1.75. The van der Waals surface area contributed by atoms with Gasteiger partial charge in [0.2, 0.25) is 5.91 Å². The molecule has 1 amide bonds. The first-order chi connectivity index (χ1) is 10.7. The molecule has 8 heteroatoms. The van der Waals surface area contributed by atoms with Crippen molar-refractivity contribution in [2.75, 3.05) is 18.6 Å². The lowest BCUT2D eigenvalue weighted by Gasteiger charge is -2.06. The first-order valence-corrected chi connectivity index (χ1v) is 9.48. The molecule has 0 aliphatic carbocycles. The van der Waals surface area contributed by atoms with Crippen molar-refractivity contribution in [2.45, 2.75) is 22.1 Å². The minimum absolute atomic E-state index is 0.0206. The van der Waals surface area contributed by atoms with Crippen molar-refractivity contribution in [3.05, 3.63) is 29.8 Å². The summed E-state index contributed by atoms with van der Waals surface area (Å²) in [6, 6.07) is 7.65. The summed E-state index contributed by atoms with van der Waals surface area (Å²) in [5.74, 6) is 2.08. The molecule has 0 bridgehead atoms. The summed E-state index contributed by atoms with van der Waals surface area (Å²) in [6.45, 7) is 2.56. The van der Waals surface area contributed by atoms with Crippen LogP contribution in [-0.4, -0.2) is 34.7 Å². The lowest BCUT2D eigenvalue weighted by Crippen LogP contribution is -2.24. The summed E-state index contributed by atoms with van der Waals surface area (Å²) in [5, 5.41) is 11.0. The van der Waals surface area contributed by atoms with E-state index < -0.39 is 0 Å². The second-order valence-corrected chi connectivity index (χ2v) is 7.89. The fourth-order valence-electron chi connectivity index (χ4n) is 1.60. The van der Waals surface area contributed by atoms with Gasteiger partial charge in [-0.1, -0.05) is 53.9 Å². The van der Waals surface area contributed by atoms with Crippen molar-refractivity contribution < 1.29 is 9.53 Å². The first-order valence-electron chi connectivity index (χ1n) is 6.70. The molecule has 2 rings (SSSR count). The van der Waals surface area contributed by atoms with Crippen LogP contribution in [0.1, 0.15) is 12.5 Å². The highest BCUT2D eigenvalue weighted by atomic mass is 32.2. The standard InChI is InChI=1S/C14H17N3O2S3/c1-3-20-13-16-17-14(22-13)21-9-12(18)15-8-10-5-4-6-11(7-10)19-2/h4-7H,3,8-9H2,1-2H3,(H,15,18). The molecule has 1 N–H and O–H groups in total. The van der Waals surface area contributed by atoms with Crippen LogP contribution in [0.4, 0.5) is 0 Å². The van der Waals surface area contributed by atoms with Crippen molar-refractivity contribution in [3.63, 3.8) is 0 Å². The zero-order chi connectivity index (χ0) is 15.8. The zero-order valence-electron chi connectivity index (χ0n) is 12.4. The number of rotatable bonds is 8. The number of hydrogen-bond donors (Lipinski definition) is 1. The Morgan fingerprint density at radius 1 is 1.32 bits per heavy atom. The second kappa shape index (κ2) is 9.02. The van der Waals surface area contributed by atoms with Crippen LogP contribution in [0.3, 0.4) is 0 Å². The number of carbonyl (C=O) groups excluding carboxylic acids is 1. The molecule has 22 heavy (non-hydrogen) atoms. The summed E-state index contributed by atoms with van der Waals surface area (Å²) >= 11 is 4.60. The Morgan fingerprint density at radius 3 is 2.82 bits per heavy atom. The van der Waals surface area contributed by atoms with Crippen LogP contribution in [0.15, 0.2) is 32.9 Å². The number of nitrogens with zero attached hydrogens (tertiary/aromatic N) is 2. The molecule has 5 nitrogen and oxygen atoms in total. The predicted molar refractivity (Wildman–Crippen MR) is 91.9 cm³/mol. The highest BCUT2D eigenvalue weighted by Gasteiger charge is 2.08. The van der Waals surface area contributed by atoms with Gasteiger partial charge in [-0.25, -0.2) is 0 Å². The lowest BCUT2D eigenvalue weighted by atomic mass is 10.2. The van der Waals surface area contributed by atoms with Crippen LogP contribution in [0.25, 0.3) is 0 Å². The van der Waals surface area contributed by atoms with Gasteiger partial charge in [-0.15, -0.1) is 10.2 Å². The molecule has 0 saturated carbocycles. The monoisotopic (exact) mass is 355 g/mol. The Kier molecular flexibility index (Phi) is 7.01. The molecule has 0 aliphatic rings. The predicted octanol–water partition coefficient (Wildman–Crippen LogP) is 3.07. The number of methoxy groups -OCH3 is 1. The van der Waals surface area contributed by atoms with Crippen molar-refractivity contribution in [1.29, 1.82) is 0 Å². The summed E-state index contributed by atoms with van der Waals surface area (Å²) < 4.78 is 6.93. The number of aromatic nitrogens is 2. The van der Waals surface area contributed by atoms with Gasteiger partial charge in [0.25, 0.3) is 0 Å². The molecule has 0 unspecified atom stereocenters. The number of nitrogens with one attached hydrogen (secondary N) is 1. The van der Waals surface area contributed by atoms with Gasteiger partial charge in [-0.05, 0) is 23.4 Å². The van der Waals surface area contributed by atoms with E-state index in [0.717, 1.165) is 25.7 Å². The maximum Gasteiger partial charge on any atom is 0.230 e. The third-order valence-corrected chi connectivity index (χ3v) is 5.68. The molecule has 0 radical (unpaired) electrons. The quantitative estimate of drug-likeness (QED) is 0.734. The number of amides is 1. The van der Waals surface area contributed by atoms with E-state index in [0.29, 0.717) is 12.3 Å². The van der Waals surface area contributed by atoms with Crippen LogP contribution in [0, 0.1) is 0 Å². The number of carbonyl (C=O) groups is 1. The molecule has 0 spiro atoms. The lowest BCUT2D eigenvalue weighted by molar-refractivity contribution is -0.118. The molecular formula is C14H17N3O2S3. The van der Waals surface area contributed by atoms with E-state index >= 15 is 0 Å². The van der Waals surface area contributed by atoms with Gasteiger partial charge < -0.3 is 10.1 Å². The molecule has 1 heterocycles. The van der Waals surface area contributed by atoms with E-state index in [1.807, 2.05) is 24.3 Å². The van der Waals surface area contributed by atoms with Gasteiger partial charge in [-0.2, -0.15) is 0 Å². The Bertz CT molecular complexity index is 619. The fraction of sp³-hybridized carbons (Fsp3) is 0.357. The van der Waals surface area contributed by atoms with Gasteiger partial charge >= 0.3 is 0 Å². The first kappa shape index (κ1) is 17.1. The number of hydrogen-bond acceptors (Lipinski definition) is 7. The van der Waals surface area contributed by atoms with Crippen LogP contribution >= 0.6 is 34.9 Å². The van der Waals surface area contributed by atoms with E-state index in [1.165, 1.54) is 23.1 Å². The maximum atomic E-state index is 11.9. The molecule has 0 aliphatic heterocycles. The van der Waals surface area contributed by atoms with Crippen LogP contribution < -0.4 is 10.1 Å². The van der Waals surface area contributed by atoms with Gasteiger partial charge in [-0.3, -0.25) is 4.79 Å². The molecule has 1 aromatic heterocycles. The minimum Gasteiger partial charge on any atom is -0.497 e. The SMILES string of the molecule is CCSc1nnc(SCC(=O)NCc2cccc(OC)c2)s1. The van der Waals surface area contributed by atoms with Gasteiger partial charge in [0, 0.05) is 6.54 Å². The zero-order valence-corrected chi connectivity index (χ0v) is 14.8. The van der Waals surface area contributed by atoms with E-state index in [1.54, 1.807) is 18.9 Å². The third kappa shape index (κ3) is 5.51. The second-order valence-electron chi connectivity index (χ2n) is 4.18. The van der Waals surface area contributed by atoms with Crippen molar-refractivity contribution >= 4 is 40.8 Å². The topological polar surface area (TPSA) is 64.1 Å². The largest absolute Gasteiger partial charge is 0.497 e. The number of ether oxygens (including phenoxy) is 1. The molecule has 0 fully saturated rings. The van der Waals surface area contributed by atoms with Crippen molar-refractivity contribution in [2.24, 2.45) is 0 Å². The molecule has 1 aromatic carbocycles. The highest BCUT2D eigenvalue weighted by Crippen LogP contribution is 2.28. The van der Waals surface area contributed by atoms with E-state index in [9.17, 15) is 4.79 Å². The summed E-state index contributed by atoms with van der Waals surface area (Å²) in [5.41, 5.74) is 1.01. The normalized spacial score (nSPS) is 10.5. The smallest absolute Gasteiger partial charge is 0.230 e. The maximum absolute atomic E-state index is 11.9. The van der Waals surface area contributed by atoms with Crippen LogP contribution in [-0.2, 0) is 11.3 Å². The third-order valence-electron chi connectivity index (χ3n) is 2.61. The summed E-state index contributed by atoms with van der Waals surface area (Å²) in [6.07, 6.45) is 0. The van der Waals surface area contributed by atoms with Crippen molar-refractivity contribution in [1.82, 2.24) is 15.5 Å². The van der Waals surface area contributed by atoms with E-state index in [4.69, 9.17) is 4.74 Å². The van der Waals surface area contributed by atoms with Crippen molar-refractivity contribution in [3.8, 4) is 5.75 Å². The molecular weight excluding hydrogens is 338 g/mol. The minimum atomic E-state index is -0.0206. The average Bonchev–Trinajstić information content (AvgIpc) is 2.99. The van der Waals surface area contributed by atoms with Gasteiger partial charge in [0.15, 0.2) is 8.68 Å². The van der Waals surface area contributed by atoms with Crippen LogP contribution in [0.5, 0.6) is 5.75 Å². The number of thioether (sulfide) groups is 2. The molecule has 0 atom stereocenters. The van der Waals surface area contributed by atoms with E-state index in [-0.39, 0.29) is 5.91 Å². The van der Waals surface area contributed by atoms with Crippen LogP contribution in [0.2, 0.25) is 0 Å². The molecule has 2 aromatic rings. The van der Waals surface area contributed by atoms with Gasteiger partial charge in [0.1, 0.15) is 5.75 Å². The highest BCUT2D eigenvalue weighted by molar-refractivity contribution is 8.03. The Morgan fingerprint density at radius 2 is 2.09 bits per heavy atom. The Hall–Kier alpha value is -1.25. The summed E-state index contributed by atoms with van der Waals surface area (Å²) in [7, 11) is 1.63. The fourth-order valence-corrected chi connectivity index (χ4v) is 4.35. The number of benzene rings is 1. The summed E-state index contributed by atoms with van der Waals surface area (Å²) in [4.78, 5) is 11.9. The van der Waals surface area contributed by atoms with Gasteiger partial charge in [0.05, 0.1) is 12.9 Å². The Labute approximate surface area is 142 Å². The molecule has 0 saturated heterocycles. The average molecular weight is 356 g/mol. The molecule has 118 valence electrons.